The van der Waals surface area contributed by atoms with Crippen LogP contribution < -0.4 is 5.32 Å². The molecule has 1 aromatic carbocycles. The molecule has 0 bridgehead atoms. The molecule has 0 radical (unpaired) electrons. The quantitative estimate of drug-likeness (QED) is 0.324. The maximum absolute atomic E-state index is 13.9. The number of aromatic nitrogens is 3. The number of hydrogen-bond donors (Lipinski definition) is 2. The van der Waals surface area contributed by atoms with Crippen molar-refractivity contribution in [2.75, 3.05) is 11.9 Å². The number of thiazole rings is 1. The number of ether oxygens (including phenoxy) is 1. The van der Waals surface area contributed by atoms with Gasteiger partial charge in [0.2, 0.25) is 0 Å². The highest BCUT2D eigenvalue weighted by Crippen LogP contribution is 2.46. The molecule has 1 aliphatic heterocycles. The molecule has 1 saturated heterocycles. The molecule has 2 atom stereocenters. The molecule has 2 unspecified atom stereocenters. The van der Waals surface area contributed by atoms with Gasteiger partial charge in [0.25, 0.3) is 0 Å². The third-order valence-electron chi connectivity index (χ3n) is 6.61. The Bertz CT molecular complexity index is 1230. The van der Waals surface area contributed by atoms with Gasteiger partial charge in [0.1, 0.15) is 6.23 Å². The lowest BCUT2D eigenvalue weighted by Crippen LogP contribution is -2.18. The van der Waals surface area contributed by atoms with E-state index in [1.54, 1.807) is 23.0 Å². The second-order valence-corrected chi connectivity index (χ2v) is 11.1. The minimum Gasteiger partial charge on any atom is -0.357 e. The molecular weight excluding hydrogens is 513 g/mol. The molecule has 1 aliphatic carbocycles. The first-order chi connectivity index (χ1) is 17.3. The Morgan fingerprint density at radius 1 is 1.11 bits per heavy atom. The largest absolute Gasteiger partial charge is 0.434 e. The summed E-state index contributed by atoms with van der Waals surface area (Å²) < 4.78 is 71.5. The number of nitrogens with zero attached hydrogens (tertiary/aromatic N) is 3. The molecular formula is C24H27F3N4O3S2. The van der Waals surface area contributed by atoms with Crippen molar-refractivity contribution in [3.8, 4) is 10.4 Å². The van der Waals surface area contributed by atoms with E-state index < -0.39 is 23.0 Å². The summed E-state index contributed by atoms with van der Waals surface area (Å²) in [6.07, 6.45) is 4.56. The number of hydrogen-bond acceptors (Lipinski definition) is 6. The molecule has 194 valence electrons. The van der Waals surface area contributed by atoms with Crippen LogP contribution in [0.25, 0.3) is 10.4 Å². The van der Waals surface area contributed by atoms with Crippen molar-refractivity contribution in [2.45, 2.75) is 74.6 Å². The van der Waals surface area contributed by atoms with Gasteiger partial charge in [-0.2, -0.15) is 18.3 Å². The monoisotopic (exact) mass is 540 g/mol. The van der Waals surface area contributed by atoms with Crippen LogP contribution in [0.5, 0.6) is 0 Å². The van der Waals surface area contributed by atoms with Crippen molar-refractivity contribution in [1.82, 2.24) is 14.8 Å². The van der Waals surface area contributed by atoms with Gasteiger partial charge in [-0.05, 0) is 44.2 Å². The fourth-order valence-electron chi connectivity index (χ4n) is 4.81. The summed E-state index contributed by atoms with van der Waals surface area (Å²) in [4.78, 5) is 3.76. The van der Waals surface area contributed by atoms with Crippen LogP contribution in [0.3, 0.4) is 0 Å². The first-order valence-electron chi connectivity index (χ1n) is 12.1. The van der Waals surface area contributed by atoms with Gasteiger partial charge in [-0.3, -0.25) is 0 Å². The number of nitrogens with one attached hydrogen (secondary N) is 1. The lowest BCUT2D eigenvalue weighted by Gasteiger charge is -2.22. The second kappa shape index (κ2) is 10.6. The van der Waals surface area contributed by atoms with E-state index in [0.717, 1.165) is 62.7 Å². The average Bonchev–Trinajstić information content (AvgIpc) is 3.53. The van der Waals surface area contributed by atoms with Gasteiger partial charge in [-0.25, -0.2) is 13.9 Å². The van der Waals surface area contributed by atoms with Gasteiger partial charge in [-0.1, -0.05) is 25.3 Å². The fraction of sp³-hybridized carbons (Fsp3) is 0.500. The number of benzene rings is 1. The smallest absolute Gasteiger partial charge is 0.357 e. The van der Waals surface area contributed by atoms with E-state index in [2.05, 4.69) is 15.4 Å². The molecule has 2 aliphatic rings. The standard InChI is InChI=1S/C24H27F3N4O3S2/c25-24(26,27)22-21(35-23(29-22)15-6-2-1-3-7-15)17-10-9-16(14-18(17)36(32)33)28-19-11-12-31(30-19)20-8-4-5-13-34-20/h9-12,14-15,20H,1-8,13H2,(H,28,30)(H,32,33). The van der Waals surface area contributed by atoms with Gasteiger partial charge in [-0.15, -0.1) is 11.3 Å². The van der Waals surface area contributed by atoms with Gasteiger partial charge >= 0.3 is 6.18 Å². The first-order valence-corrected chi connectivity index (χ1v) is 14.0. The molecule has 3 aromatic rings. The maximum Gasteiger partial charge on any atom is 0.434 e. The molecule has 2 fully saturated rings. The topological polar surface area (TPSA) is 89.3 Å². The molecule has 3 heterocycles. The zero-order valence-corrected chi connectivity index (χ0v) is 21.1. The molecule has 7 nitrogen and oxygen atoms in total. The Balaban J connectivity index is 1.45. The van der Waals surface area contributed by atoms with Gasteiger partial charge in [0.15, 0.2) is 22.6 Å². The SMILES string of the molecule is O=S(O)c1cc(Nc2ccn(C3CCCCO3)n2)ccc1-c1sc(C2CCCCC2)nc1C(F)(F)F. The molecule has 5 rings (SSSR count). The molecule has 2 N–H and O–H groups in total. The van der Waals surface area contributed by atoms with Crippen molar-refractivity contribution in [3.63, 3.8) is 0 Å². The second-order valence-electron chi connectivity index (χ2n) is 9.15. The van der Waals surface area contributed by atoms with E-state index in [4.69, 9.17) is 4.74 Å². The summed E-state index contributed by atoms with van der Waals surface area (Å²) in [6.45, 7) is 0.681. The van der Waals surface area contributed by atoms with E-state index in [1.807, 2.05) is 0 Å². The molecule has 36 heavy (non-hydrogen) atoms. The van der Waals surface area contributed by atoms with Gasteiger partial charge < -0.3 is 14.6 Å². The molecule has 0 spiro atoms. The molecule has 2 aromatic heterocycles. The van der Waals surface area contributed by atoms with Gasteiger partial charge in [0.05, 0.1) is 14.8 Å². The molecule has 0 amide bonds. The summed E-state index contributed by atoms with van der Waals surface area (Å²) >= 11 is -1.53. The van der Waals surface area contributed by atoms with Gasteiger partial charge in [0, 0.05) is 36.0 Å². The van der Waals surface area contributed by atoms with E-state index >= 15 is 0 Å². The van der Waals surface area contributed by atoms with Crippen LogP contribution in [0.2, 0.25) is 0 Å². The highest BCUT2D eigenvalue weighted by Gasteiger charge is 2.39. The molecule has 12 heteroatoms. The Morgan fingerprint density at radius 3 is 2.58 bits per heavy atom. The summed E-state index contributed by atoms with van der Waals surface area (Å²) in [5, 5.41) is 7.99. The van der Waals surface area contributed by atoms with E-state index in [-0.39, 0.29) is 27.5 Å². The first kappa shape index (κ1) is 25.4. The summed E-state index contributed by atoms with van der Waals surface area (Å²) in [7, 11) is 0. The van der Waals surface area contributed by atoms with Crippen LogP contribution >= 0.6 is 11.3 Å². The van der Waals surface area contributed by atoms with Crippen molar-refractivity contribution in [3.05, 3.63) is 41.2 Å². The Morgan fingerprint density at radius 2 is 1.89 bits per heavy atom. The van der Waals surface area contributed by atoms with Crippen molar-refractivity contribution < 1.29 is 26.7 Å². The van der Waals surface area contributed by atoms with Crippen molar-refractivity contribution in [2.24, 2.45) is 0 Å². The fourth-order valence-corrected chi connectivity index (χ4v) is 6.76. The third kappa shape index (κ3) is 5.51. The van der Waals surface area contributed by atoms with E-state index in [1.165, 1.54) is 12.1 Å². The van der Waals surface area contributed by atoms with Crippen LogP contribution in [0.15, 0.2) is 35.4 Å². The number of rotatable bonds is 6. The molecule has 1 saturated carbocycles. The van der Waals surface area contributed by atoms with Crippen LogP contribution in [0, 0.1) is 0 Å². The highest BCUT2D eigenvalue weighted by atomic mass is 32.2. The minimum atomic E-state index is -4.67. The number of halogens is 3. The maximum atomic E-state index is 13.9. The Hall–Kier alpha value is -2.28. The van der Waals surface area contributed by atoms with Crippen LogP contribution in [-0.4, -0.2) is 30.1 Å². The number of anilines is 2. The van der Waals surface area contributed by atoms with E-state index in [0.29, 0.717) is 23.1 Å². The zero-order chi connectivity index (χ0) is 25.3. The minimum absolute atomic E-state index is 0.00845. The van der Waals surface area contributed by atoms with Crippen LogP contribution in [0.1, 0.15) is 74.2 Å². The Kier molecular flexibility index (Phi) is 7.47. The zero-order valence-electron chi connectivity index (χ0n) is 19.5. The van der Waals surface area contributed by atoms with Crippen molar-refractivity contribution in [1.29, 1.82) is 0 Å². The Labute approximate surface area is 213 Å². The summed E-state index contributed by atoms with van der Waals surface area (Å²) in [5.41, 5.74) is -0.488. The highest BCUT2D eigenvalue weighted by molar-refractivity contribution is 7.79. The summed E-state index contributed by atoms with van der Waals surface area (Å²) in [5.74, 6) is 0.492. The van der Waals surface area contributed by atoms with Crippen LogP contribution in [0.4, 0.5) is 24.7 Å². The third-order valence-corrected chi connectivity index (χ3v) is 8.58. The van der Waals surface area contributed by atoms with Crippen molar-refractivity contribution >= 4 is 33.9 Å². The average molecular weight is 541 g/mol. The number of alkyl halides is 3. The lowest BCUT2D eigenvalue weighted by molar-refractivity contribution is -0.140. The predicted molar refractivity (Wildman–Crippen MR) is 132 cm³/mol. The summed E-state index contributed by atoms with van der Waals surface area (Å²) in [6, 6.07) is 6.17. The predicted octanol–water partition coefficient (Wildman–Crippen LogP) is 7.10. The normalized spacial score (nSPS) is 20.4. The van der Waals surface area contributed by atoms with E-state index in [9.17, 15) is 21.9 Å². The lowest BCUT2D eigenvalue weighted by atomic mass is 9.90. The van der Waals surface area contributed by atoms with Crippen LogP contribution in [-0.2, 0) is 22.0 Å².